The highest BCUT2D eigenvalue weighted by Gasteiger charge is 2.18. The Morgan fingerprint density at radius 2 is 1.52 bits per heavy atom. The maximum Gasteiger partial charge on any atom is 0.345 e. The maximum absolute atomic E-state index is 13.0. The van der Waals surface area contributed by atoms with Crippen LogP contribution in [0.2, 0.25) is 10.0 Å². The number of esters is 1. The molecule has 0 aliphatic carbocycles. The monoisotopic (exact) mass is 665 g/mol. The van der Waals surface area contributed by atoms with E-state index in [1.54, 1.807) is 37.3 Å². The highest BCUT2D eigenvalue weighted by atomic mass is 35.5. The van der Waals surface area contributed by atoms with E-state index in [1.165, 1.54) is 70.0 Å². The van der Waals surface area contributed by atoms with Gasteiger partial charge in [-0.15, -0.1) is 0 Å². The van der Waals surface area contributed by atoms with Gasteiger partial charge in [-0.2, -0.15) is 5.10 Å². The van der Waals surface area contributed by atoms with Crippen molar-refractivity contribution in [3.63, 3.8) is 0 Å². The second-order valence-corrected chi connectivity index (χ2v) is 10.1. The van der Waals surface area contributed by atoms with Gasteiger partial charge in [-0.3, -0.25) is 9.59 Å². The zero-order chi connectivity index (χ0) is 33.2. The lowest BCUT2D eigenvalue weighted by Crippen LogP contribution is -2.18. The van der Waals surface area contributed by atoms with Gasteiger partial charge in [-0.05, 0) is 79.2 Å². The Morgan fingerprint density at radius 3 is 2.17 bits per heavy atom. The molecule has 0 bridgehead atoms. The van der Waals surface area contributed by atoms with Gasteiger partial charge in [0.25, 0.3) is 11.8 Å². The van der Waals surface area contributed by atoms with Gasteiger partial charge >= 0.3 is 5.97 Å². The molecule has 238 valence electrons. The number of hydrogen-bond acceptors (Lipinski definition) is 9. The molecule has 46 heavy (non-hydrogen) atoms. The molecule has 0 aliphatic rings. The number of ether oxygens (including phenoxy) is 5. The second-order valence-electron chi connectivity index (χ2n) is 9.30. The average molecular weight is 667 g/mol. The fourth-order valence-electron chi connectivity index (χ4n) is 4.15. The summed E-state index contributed by atoms with van der Waals surface area (Å²) in [6.07, 6.45) is 1.40. The molecule has 13 heteroatoms. The highest BCUT2D eigenvalue weighted by molar-refractivity contribution is 6.36. The van der Waals surface area contributed by atoms with Crippen LogP contribution in [-0.4, -0.2) is 51.9 Å². The summed E-state index contributed by atoms with van der Waals surface area (Å²) < 4.78 is 27.1. The molecule has 2 amide bonds. The molecule has 4 aromatic carbocycles. The minimum atomic E-state index is -0.682. The summed E-state index contributed by atoms with van der Waals surface area (Å²) in [5.74, 6) is -0.196. The van der Waals surface area contributed by atoms with Gasteiger partial charge in [0.15, 0.2) is 23.0 Å². The molecule has 0 fully saturated rings. The molecule has 0 unspecified atom stereocenters. The van der Waals surface area contributed by atoms with Gasteiger partial charge in [-0.1, -0.05) is 29.3 Å². The third-order valence-corrected chi connectivity index (χ3v) is 6.86. The summed E-state index contributed by atoms with van der Waals surface area (Å²) in [4.78, 5) is 38.5. The predicted molar refractivity (Wildman–Crippen MR) is 175 cm³/mol. The van der Waals surface area contributed by atoms with Crippen LogP contribution in [0.25, 0.3) is 0 Å². The van der Waals surface area contributed by atoms with Crippen LogP contribution in [0.15, 0.2) is 77.9 Å². The van der Waals surface area contributed by atoms with E-state index < -0.39 is 17.8 Å². The highest BCUT2D eigenvalue weighted by Crippen LogP contribution is 2.38. The van der Waals surface area contributed by atoms with E-state index in [1.807, 2.05) is 0 Å². The molecule has 0 radical (unpaired) electrons. The number of hydrogen-bond donors (Lipinski definition) is 2. The lowest BCUT2D eigenvalue weighted by atomic mass is 10.1. The van der Waals surface area contributed by atoms with E-state index >= 15 is 0 Å². The van der Waals surface area contributed by atoms with Crippen molar-refractivity contribution < 1.29 is 38.1 Å². The minimum Gasteiger partial charge on any atom is -0.493 e. The Labute approximate surface area is 275 Å². The Balaban J connectivity index is 1.42. The van der Waals surface area contributed by atoms with Crippen LogP contribution >= 0.6 is 23.2 Å². The number of halogens is 2. The third-order valence-electron chi connectivity index (χ3n) is 6.31. The standard InChI is InChI=1S/C33H29Cl2N3O8/c1-5-45-27-13-19(9-12-26(27)46-33(41)24-11-10-22(34)17-25(24)35)18-36-38-32(40)20-7-6-8-23(14-20)37-31(39)21-15-28(42-2)30(44-4)29(16-21)43-3/h6-18H,5H2,1-4H3,(H,37,39)(H,38,40). The Bertz CT molecular complexity index is 1770. The van der Waals surface area contributed by atoms with Gasteiger partial charge in [-0.25, -0.2) is 10.2 Å². The first-order valence-corrected chi connectivity index (χ1v) is 14.4. The lowest BCUT2D eigenvalue weighted by Gasteiger charge is -2.14. The zero-order valence-corrected chi connectivity index (χ0v) is 26.7. The number of rotatable bonds is 12. The largest absolute Gasteiger partial charge is 0.493 e. The number of amides is 2. The number of nitrogens with zero attached hydrogens (tertiary/aromatic N) is 1. The molecule has 0 aliphatic heterocycles. The SMILES string of the molecule is CCOc1cc(C=NNC(=O)c2cccc(NC(=O)c3cc(OC)c(OC)c(OC)c3)c2)ccc1OC(=O)c1ccc(Cl)cc1Cl. The summed E-state index contributed by atoms with van der Waals surface area (Å²) in [6, 6.07) is 18.6. The molecule has 0 atom stereocenters. The summed E-state index contributed by atoms with van der Waals surface area (Å²) in [5, 5.41) is 7.32. The van der Waals surface area contributed by atoms with Gasteiger partial charge < -0.3 is 29.0 Å². The Morgan fingerprint density at radius 1 is 0.783 bits per heavy atom. The normalized spacial score (nSPS) is 10.7. The molecule has 0 saturated carbocycles. The van der Waals surface area contributed by atoms with Crippen molar-refractivity contribution in [2.45, 2.75) is 6.92 Å². The van der Waals surface area contributed by atoms with E-state index in [9.17, 15) is 14.4 Å². The van der Waals surface area contributed by atoms with Crippen molar-refractivity contribution >= 4 is 52.9 Å². The van der Waals surface area contributed by atoms with Crippen LogP contribution in [0.3, 0.4) is 0 Å². The van der Waals surface area contributed by atoms with Crippen LogP contribution in [0.5, 0.6) is 28.7 Å². The molecule has 0 heterocycles. The van der Waals surface area contributed by atoms with E-state index in [0.717, 1.165) is 0 Å². The van der Waals surface area contributed by atoms with Crippen LogP contribution in [0.1, 0.15) is 43.6 Å². The fraction of sp³-hybridized carbons (Fsp3) is 0.152. The van der Waals surface area contributed by atoms with Crippen LogP contribution in [0, 0.1) is 0 Å². The fourth-order valence-corrected chi connectivity index (χ4v) is 4.64. The summed E-state index contributed by atoms with van der Waals surface area (Å²) in [7, 11) is 4.37. The molecule has 4 rings (SSSR count). The minimum absolute atomic E-state index is 0.145. The number of benzene rings is 4. The Hall–Kier alpha value is -5.26. The van der Waals surface area contributed by atoms with Crippen molar-refractivity contribution in [3.8, 4) is 28.7 Å². The number of hydrazone groups is 1. The van der Waals surface area contributed by atoms with E-state index in [-0.39, 0.29) is 33.2 Å². The predicted octanol–water partition coefficient (Wildman–Crippen LogP) is 6.65. The zero-order valence-electron chi connectivity index (χ0n) is 25.2. The quantitative estimate of drug-likeness (QED) is 0.0743. The van der Waals surface area contributed by atoms with Gasteiger partial charge in [0, 0.05) is 21.8 Å². The first kappa shape index (κ1) is 33.6. The number of carbonyl (C=O) groups excluding carboxylic acids is 3. The molecular formula is C33H29Cl2N3O8. The average Bonchev–Trinajstić information content (AvgIpc) is 3.05. The van der Waals surface area contributed by atoms with Crippen molar-refractivity contribution in [1.82, 2.24) is 5.43 Å². The van der Waals surface area contributed by atoms with Crippen molar-refractivity contribution in [3.05, 3.63) is 105 Å². The molecule has 0 spiro atoms. The summed E-state index contributed by atoms with van der Waals surface area (Å²) >= 11 is 12.0. The van der Waals surface area contributed by atoms with Crippen LogP contribution in [-0.2, 0) is 0 Å². The lowest BCUT2D eigenvalue weighted by molar-refractivity contribution is 0.0728. The first-order chi connectivity index (χ1) is 22.2. The van der Waals surface area contributed by atoms with Gasteiger partial charge in [0.2, 0.25) is 5.75 Å². The van der Waals surface area contributed by atoms with E-state index in [0.29, 0.717) is 40.1 Å². The van der Waals surface area contributed by atoms with Crippen molar-refractivity contribution in [2.24, 2.45) is 5.10 Å². The molecule has 0 aromatic heterocycles. The van der Waals surface area contributed by atoms with E-state index in [2.05, 4.69) is 15.8 Å². The maximum atomic E-state index is 13.0. The molecular weight excluding hydrogens is 637 g/mol. The van der Waals surface area contributed by atoms with Crippen molar-refractivity contribution in [2.75, 3.05) is 33.3 Å². The van der Waals surface area contributed by atoms with Gasteiger partial charge in [0.05, 0.1) is 44.7 Å². The summed E-state index contributed by atoms with van der Waals surface area (Å²) in [5.41, 5.74) is 4.04. The molecule has 11 nitrogen and oxygen atoms in total. The second kappa shape index (κ2) is 15.6. The van der Waals surface area contributed by atoms with E-state index in [4.69, 9.17) is 46.9 Å². The number of anilines is 1. The van der Waals surface area contributed by atoms with Crippen molar-refractivity contribution in [1.29, 1.82) is 0 Å². The summed E-state index contributed by atoms with van der Waals surface area (Å²) in [6.45, 7) is 2.08. The molecule has 2 N–H and O–H groups in total. The third kappa shape index (κ3) is 8.26. The number of carbonyl (C=O) groups is 3. The van der Waals surface area contributed by atoms with Crippen LogP contribution in [0.4, 0.5) is 5.69 Å². The number of nitrogens with one attached hydrogen (secondary N) is 2. The molecule has 4 aromatic rings. The van der Waals surface area contributed by atoms with Gasteiger partial charge in [0.1, 0.15) is 0 Å². The first-order valence-electron chi connectivity index (χ1n) is 13.7. The number of methoxy groups -OCH3 is 3. The smallest absolute Gasteiger partial charge is 0.345 e. The Kier molecular flexibility index (Phi) is 11.4. The topological polar surface area (TPSA) is 134 Å². The molecule has 0 saturated heterocycles. The van der Waals surface area contributed by atoms with Crippen LogP contribution < -0.4 is 34.4 Å².